The Bertz CT molecular complexity index is 1130. The molecule has 0 spiro atoms. The Labute approximate surface area is 416 Å². The fourth-order valence-corrected chi connectivity index (χ4v) is 8.65. The third-order valence-electron chi connectivity index (χ3n) is 13.1. The molecule has 67 heavy (non-hydrogen) atoms. The molecule has 0 N–H and O–H groups in total. The van der Waals surface area contributed by atoms with Crippen LogP contribution >= 0.6 is 0 Å². The van der Waals surface area contributed by atoms with E-state index in [1.165, 1.54) is 205 Å². The van der Waals surface area contributed by atoms with Crippen molar-refractivity contribution in [3.05, 3.63) is 36.5 Å². The SMILES string of the molecule is CCCCC/C=C\CCCCCCCC(=O)OC(COC(=O)CCCCCCCCCC)COC(=O)CCCCCCCCCCCCCCCCCCC/C=C\C/C=C\CCCCCCC. The van der Waals surface area contributed by atoms with E-state index in [1.807, 2.05) is 0 Å². The Morgan fingerprint density at radius 3 is 0.866 bits per heavy atom. The first-order valence-corrected chi connectivity index (χ1v) is 29.5. The van der Waals surface area contributed by atoms with Gasteiger partial charge in [0.1, 0.15) is 13.2 Å². The summed E-state index contributed by atoms with van der Waals surface area (Å²) in [5, 5.41) is 0. The van der Waals surface area contributed by atoms with Crippen molar-refractivity contribution in [2.75, 3.05) is 13.2 Å². The molecule has 1 atom stereocenters. The summed E-state index contributed by atoms with van der Waals surface area (Å²) < 4.78 is 16.8. The molecule has 0 aromatic rings. The lowest BCUT2D eigenvalue weighted by molar-refractivity contribution is -0.167. The highest BCUT2D eigenvalue weighted by Gasteiger charge is 2.19. The van der Waals surface area contributed by atoms with Crippen LogP contribution in [0.25, 0.3) is 0 Å². The zero-order valence-electron chi connectivity index (χ0n) is 44.9. The fourth-order valence-electron chi connectivity index (χ4n) is 8.65. The molecule has 0 saturated heterocycles. The average Bonchev–Trinajstić information content (AvgIpc) is 3.33. The first-order chi connectivity index (χ1) is 33.0. The van der Waals surface area contributed by atoms with Gasteiger partial charge in [-0.1, -0.05) is 256 Å². The van der Waals surface area contributed by atoms with E-state index in [0.29, 0.717) is 19.3 Å². The average molecular weight is 942 g/mol. The van der Waals surface area contributed by atoms with Gasteiger partial charge in [-0.05, 0) is 77.0 Å². The first kappa shape index (κ1) is 64.6. The Morgan fingerprint density at radius 1 is 0.299 bits per heavy atom. The van der Waals surface area contributed by atoms with E-state index >= 15 is 0 Å². The maximum absolute atomic E-state index is 12.8. The van der Waals surface area contributed by atoms with Gasteiger partial charge in [-0.25, -0.2) is 0 Å². The second-order valence-electron chi connectivity index (χ2n) is 19.9. The van der Waals surface area contributed by atoms with Crippen LogP contribution in [0.5, 0.6) is 0 Å². The minimum Gasteiger partial charge on any atom is -0.462 e. The minimum atomic E-state index is -0.770. The van der Waals surface area contributed by atoms with E-state index in [-0.39, 0.29) is 31.1 Å². The highest BCUT2D eigenvalue weighted by atomic mass is 16.6. The van der Waals surface area contributed by atoms with Gasteiger partial charge >= 0.3 is 17.9 Å². The number of esters is 3. The number of hydrogen-bond acceptors (Lipinski definition) is 6. The summed E-state index contributed by atoms with van der Waals surface area (Å²) >= 11 is 0. The lowest BCUT2D eigenvalue weighted by Crippen LogP contribution is -2.30. The maximum atomic E-state index is 12.8. The summed E-state index contributed by atoms with van der Waals surface area (Å²) in [5.41, 5.74) is 0. The normalized spacial score (nSPS) is 12.2. The summed E-state index contributed by atoms with van der Waals surface area (Å²) in [6, 6.07) is 0. The zero-order chi connectivity index (χ0) is 48.6. The highest BCUT2D eigenvalue weighted by Crippen LogP contribution is 2.17. The molecule has 0 aliphatic carbocycles. The second-order valence-corrected chi connectivity index (χ2v) is 19.9. The smallest absolute Gasteiger partial charge is 0.306 e. The molecule has 0 aliphatic heterocycles. The third-order valence-corrected chi connectivity index (χ3v) is 13.1. The number of allylic oxidation sites excluding steroid dienone is 6. The molecule has 0 aromatic carbocycles. The molecule has 0 fully saturated rings. The molecular formula is C61H112O6. The van der Waals surface area contributed by atoms with Crippen molar-refractivity contribution in [3.63, 3.8) is 0 Å². The van der Waals surface area contributed by atoms with Crippen LogP contribution in [0.2, 0.25) is 0 Å². The molecule has 0 radical (unpaired) electrons. The van der Waals surface area contributed by atoms with Crippen LogP contribution in [0.3, 0.4) is 0 Å². The summed E-state index contributed by atoms with van der Waals surface area (Å²) in [7, 11) is 0. The first-order valence-electron chi connectivity index (χ1n) is 29.5. The molecule has 0 aliphatic rings. The monoisotopic (exact) mass is 941 g/mol. The van der Waals surface area contributed by atoms with Crippen molar-refractivity contribution >= 4 is 17.9 Å². The lowest BCUT2D eigenvalue weighted by atomic mass is 10.0. The molecule has 0 bridgehead atoms. The van der Waals surface area contributed by atoms with Gasteiger partial charge in [0.15, 0.2) is 6.10 Å². The quantitative estimate of drug-likeness (QED) is 0.0262. The Kier molecular flexibility index (Phi) is 54.2. The predicted molar refractivity (Wildman–Crippen MR) is 289 cm³/mol. The Morgan fingerprint density at radius 2 is 0.537 bits per heavy atom. The summed E-state index contributed by atoms with van der Waals surface area (Å²) in [4.78, 5) is 37.9. The van der Waals surface area contributed by atoms with E-state index in [2.05, 4.69) is 57.2 Å². The van der Waals surface area contributed by atoms with Gasteiger partial charge in [0, 0.05) is 19.3 Å². The van der Waals surface area contributed by atoms with E-state index in [0.717, 1.165) is 70.6 Å². The van der Waals surface area contributed by atoms with Gasteiger partial charge in [-0.15, -0.1) is 0 Å². The van der Waals surface area contributed by atoms with Crippen molar-refractivity contribution in [2.45, 2.75) is 322 Å². The predicted octanol–water partition coefficient (Wildman–Crippen LogP) is 19.7. The van der Waals surface area contributed by atoms with Crippen LogP contribution in [0.15, 0.2) is 36.5 Å². The topological polar surface area (TPSA) is 78.9 Å². The van der Waals surface area contributed by atoms with Crippen LogP contribution in [0, 0.1) is 0 Å². The number of rotatable bonds is 54. The summed E-state index contributed by atoms with van der Waals surface area (Å²) in [6.45, 7) is 6.60. The second kappa shape index (κ2) is 56.2. The van der Waals surface area contributed by atoms with Crippen LogP contribution in [-0.2, 0) is 28.6 Å². The standard InChI is InChI=1S/C61H112O6/c1-4-7-10-13-16-19-21-23-24-25-26-27-28-29-30-31-32-33-34-35-36-37-38-39-41-42-45-48-51-54-60(63)66-57-58(56-65-59(62)53-50-47-44-18-15-12-9-6-3)67-61(64)55-52-49-46-43-40-22-20-17-14-11-8-5-2/h17,20-21,23,25-26,58H,4-16,18-19,22,24,27-57H2,1-3H3/b20-17-,23-21-,26-25-. The van der Waals surface area contributed by atoms with Crippen LogP contribution in [0.1, 0.15) is 316 Å². The van der Waals surface area contributed by atoms with Gasteiger partial charge in [0.05, 0.1) is 0 Å². The molecule has 0 amide bonds. The molecule has 6 nitrogen and oxygen atoms in total. The van der Waals surface area contributed by atoms with E-state index in [9.17, 15) is 14.4 Å². The van der Waals surface area contributed by atoms with E-state index < -0.39 is 6.10 Å². The molecule has 0 heterocycles. The summed E-state index contributed by atoms with van der Waals surface area (Å²) in [6.07, 6.45) is 67.4. The number of carbonyl (C=O) groups excluding carboxylic acids is 3. The van der Waals surface area contributed by atoms with E-state index in [4.69, 9.17) is 14.2 Å². The van der Waals surface area contributed by atoms with Gasteiger partial charge in [-0.2, -0.15) is 0 Å². The third kappa shape index (κ3) is 54.4. The van der Waals surface area contributed by atoms with Crippen LogP contribution < -0.4 is 0 Å². The fraction of sp³-hybridized carbons (Fsp3) is 0.852. The van der Waals surface area contributed by atoms with Gasteiger partial charge in [0.2, 0.25) is 0 Å². The molecule has 0 rings (SSSR count). The minimum absolute atomic E-state index is 0.0716. The van der Waals surface area contributed by atoms with Crippen molar-refractivity contribution in [1.29, 1.82) is 0 Å². The Balaban J connectivity index is 4.03. The molecule has 0 saturated carbocycles. The largest absolute Gasteiger partial charge is 0.462 e. The van der Waals surface area contributed by atoms with Gasteiger partial charge in [-0.3, -0.25) is 14.4 Å². The van der Waals surface area contributed by atoms with Crippen molar-refractivity contribution in [1.82, 2.24) is 0 Å². The zero-order valence-corrected chi connectivity index (χ0v) is 44.9. The number of carbonyl (C=O) groups is 3. The highest BCUT2D eigenvalue weighted by molar-refractivity contribution is 5.71. The molecule has 392 valence electrons. The van der Waals surface area contributed by atoms with E-state index in [1.54, 1.807) is 0 Å². The summed E-state index contributed by atoms with van der Waals surface area (Å²) in [5.74, 6) is -0.871. The maximum Gasteiger partial charge on any atom is 0.306 e. The van der Waals surface area contributed by atoms with Crippen molar-refractivity contribution in [3.8, 4) is 0 Å². The Hall–Kier alpha value is -2.37. The molecular weight excluding hydrogens is 829 g/mol. The van der Waals surface area contributed by atoms with Crippen LogP contribution in [-0.4, -0.2) is 37.2 Å². The number of ether oxygens (including phenoxy) is 3. The lowest BCUT2D eigenvalue weighted by Gasteiger charge is -2.18. The van der Waals surface area contributed by atoms with Crippen LogP contribution in [0.4, 0.5) is 0 Å². The molecule has 6 heteroatoms. The number of hydrogen-bond donors (Lipinski definition) is 0. The number of unbranched alkanes of at least 4 members (excludes halogenated alkanes) is 37. The molecule has 1 unspecified atom stereocenters. The van der Waals surface area contributed by atoms with Gasteiger partial charge < -0.3 is 14.2 Å². The van der Waals surface area contributed by atoms with Crippen molar-refractivity contribution < 1.29 is 28.6 Å². The molecule has 0 aromatic heterocycles. The van der Waals surface area contributed by atoms with Gasteiger partial charge in [0.25, 0.3) is 0 Å². The van der Waals surface area contributed by atoms with Crippen molar-refractivity contribution in [2.24, 2.45) is 0 Å².